The van der Waals surface area contributed by atoms with Crippen LogP contribution in [0.4, 0.5) is 11.4 Å². The molecular weight excluding hydrogens is 362 g/mol. The SMILES string of the molecule is CCCN(CCC)C(=O)c1ccc(NC(=O)CNc2c(C)cc(C)cc2C)cc1. The van der Waals surface area contributed by atoms with Crippen LogP contribution in [0.1, 0.15) is 53.7 Å². The quantitative estimate of drug-likeness (QED) is 0.633. The minimum absolute atomic E-state index is 0.0403. The number of hydrogen-bond donors (Lipinski definition) is 2. The minimum Gasteiger partial charge on any atom is -0.376 e. The van der Waals surface area contributed by atoms with Gasteiger partial charge in [-0.2, -0.15) is 0 Å². The number of hydrogen-bond acceptors (Lipinski definition) is 3. The number of rotatable bonds is 9. The van der Waals surface area contributed by atoms with E-state index in [2.05, 4.69) is 43.5 Å². The lowest BCUT2D eigenvalue weighted by Crippen LogP contribution is -2.32. The summed E-state index contributed by atoms with van der Waals surface area (Å²) in [4.78, 5) is 26.8. The van der Waals surface area contributed by atoms with Gasteiger partial charge in [0, 0.05) is 30.0 Å². The summed E-state index contributed by atoms with van der Waals surface area (Å²) in [5.74, 6) is -0.0828. The summed E-state index contributed by atoms with van der Waals surface area (Å²) in [6, 6.07) is 11.3. The van der Waals surface area contributed by atoms with Gasteiger partial charge in [0.15, 0.2) is 0 Å². The van der Waals surface area contributed by atoms with Crippen LogP contribution in [0.25, 0.3) is 0 Å². The zero-order chi connectivity index (χ0) is 21.4. The van der Waals surface area contributed by atoms with Gasteiger partial charge in [0.05, 0.1) is 6.54 Å². The Bertz CT molecular complexity index is 815. The van der Waals surface area contributed by atoms with Crippen molar-refractivity contribution in [2.24, 2.45) is 0 Å². The summed E-state index contributed by atoms with van der Waals surface area (Å²) >= 11 is 0. The van der Waals surface area contributed by atoms with Crippen LogP contribution in [-0.4, -0.2) is 36.3 Å². The first-order chi connectivity index (χ1) is 13.8. The zero-order valence-corrected chi connectivity index (χ0v) is 18.3. The molecule has 0 unspecified atom stereocenters. The van der Waals surface area contributed by atoms with E-state index >= 15 is 0 Å². The van der Waals surface area contributed by atoms with Crippen molar-refractivity contribution < 1.29 is 9.59 Å². The lowest BCUT2D eigenvalue weighted by molar-refractivity contribution is -0.114. The van der Waals surface area contributed by atoms with Gasteiger partial charge in [-0.1, -0.05) is 31.5 Å². The predicted molar refractivity (Wildman–Crippen MR) is 121 cm³/mol. The fraction of sp³-hybridized carbons (Fsp3) is 0.417. The van der Waals surface area contributed by atoms with E-state index in [0.29, 0.717) is 11.3 Å². The van der Waals surface area contributed by atoms with Crippen LogP contribution in [0.3, 0.4) is 0 Å². The fourth-order valence-corrected chi connectivity index (χ4v) is 3.57. The second-order valence-electron chi connectivity index (χ2n) is 7.54. The number of nitrogens with one attached hydrogen (secondary N) is 2. The molecule has 0 atom stereocenters. The summed E-state index contributed by atoms with van der Waals surface area (Å²) in [7, 11) is 0. The predicted octanol–water partition coefficient (Wildman–Crippen LogP) is 4.92. The van der Waals surface area contributed by atoms with E-state index in [4.69, 9.17) is 0 Å². The van der Waals surface area contributed by atoms with Crippen molar-refractivity contribution >= 4 is 23.2 Å². The molecule has 0 bridgehead atoms. The highest BCUT2D eigenvalue weighted by Gasteiger charge is 2.14. The lowest BCUT2D eigenvalue weighted by Gasteiger charge is -2.21. The molecule has 2 aromatic carbocycles. The van der Waals surface area contributed by atoms with Crippen LogP contribution in [0, 0.1) is 20.8 Å². The Morgan fingerprint density at radius 3 is 1.97 bits per heavy atom. The Hall–Kier alpha value is -2.82. The maximum atomic E-state index is 12.6. The number of anilines is 2. The van der Waals surface area contributed by atoms with Gasteiger partial charge in [0.2, 0.25) is 5.91 Å². The van der Waals surface area contributed by atoms with Gasteiger partial charge in [-0.25, -0.2) is 0 Å². The topological polar surface area (TPSA) is 61.4 Å². The minimum atomic E-state index is -0.123. The van der Waals surface area contributed by atoms with Crippen molar-refractivity contribution in [1.29, 1.82) is 0 Å². The molecule has 0 aliphatic rings. The first-order valence-corrected chi connectivity index (χ1v) is 10.4. The largest absolute Gasteiger partial charge is 0.376 e. The van der Waals surface area contributed by atoms with Gasteiger partial charge in [0.25, 0.3) is 5.91 Å². The molecule has 5 heteroatoms. The smallest absolute Gasteiger partial charge is 0.253 e. The van der Waals surface area contributed by atoms with E-state index in [0.717, 1.165) is 42.7 Å². The first-order valence-electron chi connectivity index (χ1n) is 10.4. The third-order valence-corrected chi connectivity index (χ3v) is 4.79. The molecule has 2 amide bonds. The van der Waals surface area contributed by atoms with Crippen LogP contribution in [0.5, 0.6) is 0 Å². The second-order valence-corrected chi connectivity index (χ2v) is 7.54. The first kappa shape index (κ1) is 22.5. The molecule has 0 aromatic heterocycles. The van der Waals surface area contributed by atoms with E-state index in [1.807, 2.05) is 18.7 Å². The van der Waals surface area contributed by atoms with Crippen molar-refractivity contribution in [2.45, 2.75) is 47.5 Å². The third kappa shape index (κ3) is 6.34. The van der Waals surface area contributed by atoms with E-state index in [1.54, 1.807) is 24.3 Å². The van der Waals surface area contributed by atoms with Gasteiger partial charge < -0.3 is 15.5 Å². The molecule has 5 nitrogen and oxygen atoms in total. The van der Waals surface area contributed by atoms with Crippen LogP contribution in [0.15, 0.2) is 36.4 Å². The van der Waals surface area contributed by atoms with Crippen molar-refractivity contribution in [3.8, 4) is 0 Å². The molecule has 29 heavy (non-hydrogen) atoms. The van der Waals surface area contributed by atoms with Crippen LogP contribution in [-0.2, 0) is 4.79 Å². The fourth-order valence-electron chi connectivity index (χ4n) is 3.57. The summed E-state index contributed by atoms with van der Waals surface area (Å²) < 4.78 is 0. The summed E-state index contributed by atoms with van der Waals surface area (Å²) in [5.41, 5.74) is 5.79. The number of nitrogens with zero attached hydrogens (tertiary/aromatic N) is 1. The average molecular weight is 396 g/mol. The molecule has 0 fully saturated rings. The highest BCUT2D eigenvalue weighted by Crippen LogP contribution is 2.21. The van der Waals surface area contributed by atoms with Crippen LogP contribution >= 0.6 is 0 Å². The molecule has 156 valence electrons. The van der Waals surface area contributed by atoms with E-state index in [1.165, 1.54) is 5.56 Å². The summed E-state index contributed by atoms with van der Waals surface area (Å²) in [6.07, 6.45) is 1.87. The van der Waals surface area contributed by atoms with Crippen molar-refractivity contribution in [3.63, 3.8) is 0 Å². The molecule has 0 heterocycles. The molecule has 0 saturated heterocycles. The van der Waals surface area contributed by atoms with E-state index < -0.39 is 0 Å². The zero-order valence-electron chi connectivity index (χ0n) is 18.3. The van der Waals surface area contributed by atoms with E-state index in [9.17, 15) is 9.59 Å². The molecule has 0 aliphatic carbocycles. The van der Waals surface area contributed by atoms with Crippen molar-refractivity contribution in [1.82, 2.24) is 4.90 Å². The molecule has 2 aromatic rings. The number of aryl methyl sites for hydroxylation is 3. The maximum absolute atomic E-state index is 12.6. The Balaban J connectivity index is 1.95. The molecular formula is C24H33N3O2. The third-order valence-electron chi connectivity index (χ3n) is 4.79. The average Bonchev–Trinajstić information content (AvgIpc) is 2.67. The number of carbonyl (C=O) groups is 2. The normalized spacial score (nSPS) is 10.5. The standard InChI is InChI=1S/C24H33N3O2/c1-6-12-27(13-7-2)24(29)20-8-10-21(11-9-20)26-22(28)16-25-23-18(4)14-17(3)15-19(23)5/h8-11,14-15,25H,6-7,12-13,16H2,1-5H3,(H,26,28). The maximum Gasteiger partial charge on any atom is 0.253 e. The van der Waals surface area contributed by atoms with Gasteiger partial charge in [-0.05, 0) is 69.0 Å². The van der Waals surface area contributed by atoms with Gasteiger partial charge in [-0.15, -0.1) is 0 Å². The van der Waals surface area contributed by atoms with Crippen molar-refractivity contribution in [2.75, 3.05) is 30.3 Å². The summed E-state index contributed by atoms with van der Waals surface area (Å²) in [5, 5.41) is 6.11. The molecule has 0 radical (unpaired) electrons. The Morgan fingerprint density at radius 2 is 1.45 bits per heavy atom. The van der Waals surface area contributed by atoms with Gasteiger partial charge in [-0.3, -0.25) is 9.59 Å². The molecule has 0 saturated carbocycles. The highest BCUT2D eigenvalue weighted by molar-refractivity contribution is 5.96. The number of benzene rings is 2. The van der Waals surface area contributed by atoms with Crippen LogP contribution < -0.4 is 10.6 Å². The van der Waals surface area contributed by atoms with Crippen molar-refractivity contribution in [3.05, 3.63) is 58.7 Å². The van der Waals surface area contributed by atoms with Gasteiger partial charge in [0.1, 0.15) is 0 Å². The monoisotopic (exact) mass is 395 g/mol. The molecule has 2 N–H and O–H groups in total. The molecule has 0 aliphatic heterocycles. The highest BCUT2D eigenvalue weighted by atomic mass is 16.2. The molecule has 0 spiro atoms. The molecule has 2 rings (SSSR count). The summed E-state index contributed by atoms with van der Waals surface area (Å²) in [6.45, 7) is 12.0. The Morgan fingerprint density at radius 1 is 0.897 bits per heavy atom. The second kappa shape index (κ2) is 10.6. The van der Waals surface area contributed by atoms with E-state index in [-0.39, 0.29) is 18.4 Å². The van der Waals surface area contributed by atoms with Crippen LogP contribution in [0.2, 0.25) is 0 Å². The Kier molecular flexibility index (Phi) is 8.25. The van der Waals surface area contributed by atoms with Gasteiger partial charge >= 0.3 is 0 Å². The number of carbonyl (C=O) groups excluding carboxylic acids is 2. The Labute approximate surface area is 174 Å². The lowest BCUT2D eigenvalue weighted by atomic mass is 10.1. The number of amides is 2.